The first kappa shape index (κ1) is 60.8. The quantitative estimate of drug-likeness (QED) is 0.0304. The molecule has 394 valence electrons. The molecule has 9 rings (SSSR count). The van der Waals surface area contributed by atoms with Crippen molar-refractivity contribution in [1.29, 1.82) is 5.53 Å². The van der Waals surface area contributed by atoms with Crippen LogP contribution < -0.4 is 0 Å². The van der Waals surface area contributed by atoms with Gasteiger partial charge in [0.25, 0.3) is 0 Å². The molecule has 4 aliphatic rings. The first-order valence-corrected chi connectivity index (χ1v) is 24.2. The Hall–Kier alpha value is -7.50. The lowest BCUT2D eigenvalue weighted by atomic mass is 10.1. The molecular weight excluding hydrogens is 995 g/mol. The van der Waals surface area contributed by atoms with Crippen LogP contribution in [-0.4, -0.2) is 75.6 Å². The van der Waals surface area contributed by atoms with E-state index < -0.39 is 23.9 Å². The van der Waals surface area contributed by atoms with E-state index in [1.807, 2.05) is 6.07 Å². The van der Waals surface area contributed by atoms with Crippen molar-refractivity contribution in [2.45, 2.75) is 63.2 Å². The Kier molecular flexibility index (Phi) is 25.6. The van der Waals surface area contributed by atoms with E-state index in [-0.39, 0.29) is 94.5 Å². The molecule has 74 heavy (non-hydrogen) atoms. The van der Waals surface area contributed by atoms with E-state index in [4.69, 9.17) is 25.6 Å². The zero-order valence-corrected chi connectivity index (χ0v) is 41.4. The lowest BCUT2D eigenvalue weighted by Gasteiger charge is -2.01. The maximum atomic E-state index is 12.9. The topological polar surface area (TPSA) is 202 Å². The Bertz CT molecular complexity index is 2560. The van der Waals surface area contributed by atoms with Gasteiger partial charge in [0.1, 0.15) is 29.1 Å². The van der Waals surface area contributed by atoms with Crippen LogP contribution in [0.2, 0.25) is 0 Å². The third-order valence-corrected chi connectivity index (χ3v) is 11.4. The molecule has 4 saturated carbocycles. The molecule has 0 saturated heterocycles. The highest BCUT2D eigenvalue weighted by molar-refractivity contribution is 7.93. The molecule has 4 aliphatic carbocycles. The summed E-state index contributed by atoms with van der Waals surface area (Å²) < 4.78 is 82.9. The Labute approximate surface area is 429 Å². The zero-order chi connectivity index (χ0) is 54.9. The van der Waals surface area contributed by atoms with Gasteiger partial charge in [0.2, 0.25) is 0 Å². The number of aliphatic carboxylic acids is 3. The zero-order valence-electron chi connectivity index (χ0n) is 40.6. The van der Waals surface area contributed by atoms with Crippen LogP contribution in [0.3, 0.4) is 0 Å². The van der Waals surface area contributed by atoms with E-state index in [1.54, 1.807) is 74.5 Å². The Morgan fingerprint density at radius 3 is 1.11 bits per heavy atom. The number of hydrogen-bond acceptors (Lipinski definition) is 9. The fraction of sp³-hybridized carbons (Fsp3) is 0.309. The Morgan fingerprint density at radius 2 is 0.865 bits per heavy atom. The minimum Gasteiger partial charge on any atom is -0.481 e. The summed E-state index contributed by atoms with van der Waals surface area (Å²) in [4.78, 5) is 55.8. The number of carboxylic acid groups (broad SMARTS) is 3. The molecule has 0 spiro atoms. The number of rotatable bonds is 12. The summed E-state index contributed by atoms with van der Waals surface area (Å²) >= 11 is 0.250. The minimum atomic E-state index is -0.783. The van der Waals surface area contributed by atoms with Crippen LogP contribution in [0.4, 0.5) is 25.8 Å². The van der Waals surface area contributed by atoms with Crippen molar-refractivity contribution in [3.05, 3.63) is 185 Å². The molecule has 4 fully saturated rings. The summed E-state index contributed by atoms with van der Waals surface area (Å²) in [6.45, 7) is 7.72. The van der Waals surface area contributed by atoms with Crippen molar-refractivity contribution in [3.63, 3.8) is 0 Å². The Balaban J connectivity index is 0.000000234. The van der Waals surface area contributed by atoms with Gasteiger partial charge in [0.05, 0.1) is 47.2 Å². The van der Waals surface area contributed by atoms with E-state index >= 15 is 0 Å². The van der Waals surface area contributed by atoms with E-state index in [0.717, 1.165) is 40.5 Å². The second-order valence-corrected chi connectivity index (χ2v) is 17.0. The third-order valence-electron chi connectivity index (χ3n) is 11.4. The predicted octanol–water partition coefficient (Wildman–Crippen LogP) is 12.1. The van der Waals surface area contributed by atoms with Gasteiger partial charge in [-0.1, -0.05) is 73.3 Å². The van der Waals surface area contributed by atoms with Crippen molar-refractivity contribution in [1.82, 2.24) is 0 Å². The summed E-state index contributed by atoms with van der Waals surface area (Å²) in [6, 6.07) is 31.2. The van der Waals surface area contributed by atoms with Crippen LogP contribution in [-0.2, 0) is 33.4 Å². The number of benzene rings is 5. The number of nitrogens with one attached hydrogen (secondary N) is 1. The van der Waals surface area contributed by atoms with Crippen LogP contribution in [0.5, 0.6) is 0 Å². The largest absolute Gasteiger partial charge is 0.481 e. The number of nitrogens with zero attached hydrogens (tertiary/aromatic N) is 1. The lowest BCUT2D eigenvalue weighted by Crippen LogP contribution is -2.07. The SMILES string of the molecule is C=Cc1cccc(F)c1.CCOC(=O)C1CC1c1cccc(F)c1.CCOC(=O)C=[N+]=N.CSF.O=C(O)C1CC1c1cccc(F)c1.O=C(O)[C@H]1C[C@@H]1c1cccc(F)c1.O=C(O)[C@H]1C[C@@H]1c1cccc(F)c1. The van der Waals surface area contributed by atoms with Gasteiger partial charge in [-0.25, -0.2) is 26.7 Å². The first-order chi connectivity index (χ1) is 35.3. The van der Waals surface area contributed by atoms with Crippen LogP contribution in [0.15, 0.2) is 128 Å². The number of hydrogen-bond donors (Lipinski definition) is 4. The smallest absolute Gasteiger partial charge is 0.418 e. The molecule has 4 unspecified atom stereocenters. The van der Waals surface area contributed by atoms with Crippen molar-refractivity contribution in [2.24, 2.45) is 23.7 Å². The van der Waals surface area contributed by atoms with Gasteiger partial charge >= 0.3 is 36.1 Å². The molecule has 0 aliphatic heterocycles. The van der Waals surface area contributed by atoms with Gasteiger partial charge in [0, 0.05) is 18.4 Å². The van der Waals surface area contributed by atoms with Gasteiger partial charge in [-0.2, -0.15) is 3.89 Å². The number of carbonyl (C=O) groups excluding carboxylic acids is 2. The lowest BCUT2D eigenvalue weighted by molar-refractivity contribution is -0.148. The molecule has 0 radical (unpaired) electrons. The highest BCUT2D eigenvalue weighted by Crippen LogP contribution is 2.50. The normalized spacial score (nSPS) is 20.4. The maximum absolute atomic E-state index is 12.9. The molecule has 0 amide bonds. The van der Waals surface area contributed by atoms with Crippen molar-refractivity contribution in [3.8, 4) is 0 Å². The molecule has 0 bridgehead atoms. The van der Waals surface area contributed by atoms with E-state index in [0.29, 0.717) is 32.5 Å². The van der Waals surface area contributed by atoms with Gasteiger partial charge in [-0.15, -0.1) is 0 Å². The summed E-state index contributed by atoms with van der Waals surface area (Å²) in [7, 11) is 0. The summed E-state index contributed by atoms with van der Waals surface area (Å²) in [6.07, 6.45) is 6.49. The first-order valence-electron chi connectivity index (χ1n) is 23.1. The molecule has 5 aromatic rings. The average molecular weight is 1050 g/mol. The average Bonchev–Trinajstić information content (AvgIpc) is 4.15. The van der Waals surface area contributed by atoms with E-state index in [1.165, 1.54) is 66.9 Å². The highest BCUT2D eigenvalue weighted by atomic mass is 32.2. The summed E-state index contributed by atoms with van der Waals surface area (Å²) in [5.41, 5.74) is 10.3. The molecule has 0 heterocycles. The van der Waals surface area contributed by atoms with Gasteiger partial charge in [-0.05, 0) is 152 Å². The second kappa shape index (κ2) is 31.2. The van der Waals surface area contributed by atoms with Crippen LogP contribution >= 0.6 is 12.1 Å². The van der Waals surface area contributed by atoms with Crippen LogP contribution in [0, 0.1) is 58.3 Å². The molecule has 12 nitrogen and oxygen atoms in total. The van der Waals surface area contributed by atoms with Crippen molar-refractivity contribution in [2.75, 3.05) is 19.5 Å². The van der Waals surface area contributed by atoms with Gasteiger partial charge in [0.15, 0.2) is 0 Å². The predicted molar refractivity (Wildman–Crippen MR) is 265 cm³/mol. The number of carboxylic acids is 3. The molecular formula is C55H57F6N2O10S+. The molecule has 5 aromatic carbocycles. The van der Waals surface area contributed by atoms with Crippen molar-refractivity contribution >= 4 is 54.3 Å². The summed E-state index contributed by atoms with van der Waals surface area (Å²) in [5, 5.41) is 26.0. The maximum Gasteiger partial charge on any atom is 0.418 e. The van der Waals surface area contributed by atoms with Gasteiger partial charge in [-0.3, -0.25) is 19.2 Å². The molecule has 0 aromatic heterocycles. The van der Waals surface area contributed by atoms with Crippen molar-refractivity contribution < 1.29 is 79.4 Å². The Morgan fingerprint density at radius 1 is 0.568 bits per heavy atom. The van der Waals surface area contributed by atoms with E-state index in [2.05, 4.69) is 16.1 Å². The minimum absolute atomic E-state index is 0.0215. The molecule has 8 atom stereocenters. The third kappa shape index (κ3) is 21.7. The molecule has 19 heteroatoms. The number of ether oxygens (including phenoxy) is 2. The number of esters is 2. The monoisotopic (exact) mass is 1050 g/mol. The second-order valence-electron chi connectivity index (χ2n) is 16.7. The van der Waals surface area contributed by atoms with Gasteiger partial charge < -0.3 is 24.8 Å². The number of carbonyl (C=O) groups is 5. The number of halogens is 6. The fourth-order valence-corrected chi connectivity index (χ4v) is 7.40. The molecule has 4 N–H and O–H groups in total. The van der Waals surface area contributed by atoms with E-state index in [9.17, 15) is 49.8 Å². The standard InChI is InChI=1S/C12H13FO2.3C10H9FO2.C8H7F.C4H7N2O2.CH3FS/c1-2-15-12(14)11-7-10(11)8-4-3-5-9(13)6-8;3*11-7-3-1-2-6(4-7)8-5-9(8)10(12)13;1-2-7-4-3-5-8(9)6-7;1-2-8-4(7)3-6-5;1-3-2/h3-6,10-11H,2,7H2,1H3;3*1-4,8-9H,5H2,(H,12,13);2-6H,1H2;3,5H,2H2,1H3;1H3/q;;;;;+1;/t;2*8-,9+;;;;/m.11..../s1. The van der Waals surface area contributed by atoms with Crippen LogP contribution in [0.1, 0.15) is 91.0 Å². The fourth-order valence-electron chi connectivity index (χ4n) is 7.40. The highest BCUT2D eigenvalue weighted by Gasteiger charge is 2.46. The summed E-state index contributed by atoms with van der Waals surface area (Å²) in [5.74, 6) is -5.19. The van der Waals surface area contributed by atoms with Crippen LogP contribution in [0.25, 0.3) is 6.08 Å².